The van der Waals surface area contributed by atoms with Gasteiger partial charge in [-0.2, -0.15) is 4.89 Å². The third-order valence-corrected chi connectivity index (χ3v) is 5.34. The van der Waals surface area contributed by atoms with Gasteiger partial charge in [0, 0.05) is 13.1 Å². The Labute approximate surface area is 165 Å². The molecule has 9 nitrogen and oxygen atoms in total. The lowest BCUT2D eigenvalue weighted by Crippen LogP contribution is -2.52. The van der Waals surface area contributed by atoms with Gasteiger partial charge >= 0.3 is 5.97 Å². The van der Waals surface area contributed by atoms with E-state index in [1.54, 1.807) is 0 Å². The molecule has 0 radical (unpaired) electrons. The van der Waals surface area contributed by atoms with Crippen LogP contribution in [0.1, 0.15) is 27.2 Å². The van der Waals surface area contributed by atoms with Crippen LogP contribution < -0.4 is 0 Å². The van der Waals surface area contributed by atoms with Crippen molar-refractivity contribution in [2.75, 3.05) is 46.1 Å². The second-order valence-corrected chi connectivity index (χ2v) is 8.15. The van der Waals surface area contributed by atoms with Gasteiger partial charge in [-0.15, -0.1) is 0 Å². The minimum Gasteiger partial charge on any atom is -0.393 e. The maximum absolute atomic E-state index is 12.1. The van der Waals surface area contributed by atoms with Crippen LogP contribution >= 0.6 is 0 Å². The van der Waals surface area contributed by atoms with E-state index in [1.165, 1.54) is 13.8 Å². The Morgan fingerprint density at radius 2 is 2.00 bits per heavy atom. The molecule has 0 amide bonds. The molecule has 9 heteroatoms. The topological polar surface area (TPSA) is 121 Å². The zero-order valence-electron chi connectivity index (χ0n) is 16.9. The fourth-order valence-electron chi connectivity index (χ4n) is 3.44. The Hall–Kier alpha value is -1.07. The molecule has 0 aromatic heterocycles. The number of aliphatic hydroxyl groups is 3. The molecule has 2 saturated heterocycles. The molecule has 0 spiro atoms. The highest BCUT2D eigenvalue weighted by atomic mass is 17.2. The summed E-state index contributed by atoms with van der Waals surface area (Å²) in [5.74, 6) is -0.641. The van der Waals surface area contributed by atoms with Crippen molar-refractivity contribution in [3.05, 3.63) is 12.2 Å². The molecule has 1 unspecified atom stereocenters. The molecule has 2 rings (SSSR count). The standard InChI is InChI=1S/C19H33NO8/c1-13(14(2)11-21)9-15-19(12-22,26-15)17(18(3,4)24)28-27-16(23)10-20-5-7-25-8-6-20/h13,15,17,21-22,24H,2,5-12H2,1,3-4H3/t13-,15-,17?,19+/m0/s1. The van der Waals surface area contributed by atoms with Gasteiger partial charge in [0.15, 0.2) is 11.7 Å². The average molecular weight is 403 g/mol. The van der Waals surface area contributed by atoms with E-state index in [4.69, 9.17) is 19.2 Å². The van der Waals surface area contributed by atoms with Crippen molar-refractivity contribution >= 4 is 5.97 Å². The van der Waals surface area contributed by atoms with E-state index in [0.717, 1.165) is 0 Å². The minimum absolute atomic E-state index is 0.0465. The lowest BCUT2D eigenvalue weighted by molar-refractivity contribution is -0.335. The summed E-state index contributed by atoms with van der Waals surface area (Å²) in [6, 6.07) is 0. The third kappa shape index (κ3) is 5.73. The zero-order valence-corrected chi connectivity index (χ0v) is 16.9. The van der Waals surface area contributed by atoms with Crippen molar-refractivity contribution in [2.45, 2.75) is 50.6 Å². The Kier molecular flexibility index (Phi) is 7.97. The molecule has 162 valence electrons. The van der Waals surface area contributed by atoms with Crippen molar-refractivity contribution in [1.29, 1.82) is 0 Å². The van der Waals surface area contributed by atoms with Crippen LogP contribution in [0.15, 0.2) is 12.2 Å². The van der Waals surface area contributed by atoms with E-state index in [9.17, 15) is 20.1 Å². The summed E-state index contributed by atoms with van der Waals surface area (Å²) in [4.78, 5) is 24.3. The molecule has 2 heterocycles. The van der Waals surface area contributed by atoms with Crippen LogP contribution in [0.3, 0.4) is 0 Å². The van der Waals surface area contributed by atoms with E-state index in [2.05, 4.69) is 6.58 Å². The van der Waals surface area contributed by atoms with Crippen molar-refractivity contribution in [3.8, 4) is 0 Å². The van der Waals surface area contributed by atoms with Crippen LogP contribution in [0.2, 0.25) is 0 Å². The highest BCUT2D eigenvalue weighted by Gasteiger charge is 2.66. The Morgan fingerprint density at radius 3 is 2.54 bits per heavy atom. The molecule has 0 aromatic carbocycles. The summed E-state index contributed by atoms with van der Waals surface area (Å²) in [7, 11) is 0. The first-order valence-corrected chi connectivity index (χ1v) is 9.60. The predicted molar refractivity (Wildman–Crippen MR) is 99.2 cm³/mol. The number of hydrogen-bond acceptors (Lipinski definition) is 9. The van der Waals surface area contributed by atoms with Crippen LogP contribution in [0.4, 0.5) is 0 Å². The lowest BCUT2D eigenvalue weighted by atomic mass is 9.84. The van der Waals surface area contributed by atoms with Gasteiger partial charge in [-0.1, -0.05) is 13.5 Å². The number of carbonyl (C=O) groups excluding carboxylic acids is 1. The minimum atomic E-state index is -1.44. The summed E-state index contributed by atoms with van der Waals surface area (Å²) in [6.07, 6.45) is -1.03. The van der Waals surface area contributed by atoms with Crippen LogP contribution in [-0.2, 0) is 24.0 Å². The highest BCUT2D eigenvalue weighted by Crippen LogP contribution is 2.47. The number of ether oxygens (including phenoxy) is 2. The Morgan fingerprint density at radius 1 is 1.36 bits per heavy atom. The Balaban J connectivity index is 1.96. The summed E-state index contributed by atoms with van der Waals surface area (Å²) >= 11 is 0. The van der Waals surface area contributed by atoms with Crippen LogP contribution in [-0.4, -0.2) is 95.7 Å². The van der Waals surface area contributed by atoms with Gasteiger partial charge in [0.1, 0.15) is 6.54 Å². The molecule has 0 aromatic rings. The molecular weight excluding hydrogens is 370 g/mol. The largest absolute Gasteiger partial charge is 0.393 e. The molecule has 28 heavy (non-hydrogen) atoms. The smallest absolute Gasteiger partial charge is 0.356 e. The zero-order chi connectivity index (χ0) is 20.9. The first kappa shape index (κ1) is 23.2. The quantitative estimate of drug-likeness (QED) is 0.184. The summed E-state index contributed by atoms with van der Waals surface area (Å²) in [5.41, 5.74) is -1.98. The molecule has 0 saturated carbocycles. The van der Waals surface area contributed by atoms with Crippen LogP contribution in [0, 0.1) is 5.92 Å². The van der Waals surface area contributed by atoms with Gasteiger partial charge < -0.3 is 24.8 Å². The maximum atomic E-state index is 12.1. The van der Waals surface area contributed by atoms with Gasteiger partial charge in [0.05, 0.1) is 38.1 Å². The number of rotatable bonds is 11. The monoisotopic (exact) mass is 403 g/mol. The second kappa shape index (κ2) is 9.62. The van der Waals surface area contributed by atoms with E-state index in [-0.39, 0.29) is 19.1 Å². The number of nitrogens with zero attached hydrogens (tertiary/aromatic N) is 1. The first-order valence-electron chi connectivity index (χ1n) is 9.60. The molecule has 4 atom stereocenters. The number of morpholine rings is 1. The fraction of sp³-hybridized carbons (Fsp3) is 0.842. The SMILES string of the molecule is C=C(CO)[C@@H](C)C[C@@H]1O[C@@]1(CO)C(OOC(=O)CN1CCOCC1)C(C)(C)O. The van der Waals surface area contributed by atoms with Gasteiger partial charge in [-0.3, -0.25) is 9.79 Å². The Bertz CT molecular complexity index is 543. The first-order chi connectivity index (χ1) is 13.1. The van der Waals surface area contributed by atoms with Crippen LogP contribution in [0.5, 0.6) is 0 Å². The predicted octanol–water partition coefficient (Wildman–Crippen LogP) is -0.362. The third-order valence-electron chi connectivity index (χ3n) is 5.34. The molecule has 0 aliphatic carbocycles. The maximum Gasteiger partial charge on any atom is 0.356 e. The molecule has 0 bridgehead atoms. The molecule has 2 aliphatic heterocycles. The number of hydrogen-bond donors (Lipinski definition) is 3. The van der Waals surface area contributed by atoms with Crippen molar-refractivity contribution in [3.63, 3.8) is 0 Å². The van der Waals surface area contributed by atoms with Crippen molar-refractivity contribution in [2.24, 2.45) is 5.92 Å². The number of epoxide rings is 1. The van der Waals surface area contributed by atoms with E-state index in [0.29, 0.717) is 38.3 Å². The van der Waals surface area contributed by atoms with Gasteiger partial charge in [0.2, 0.25) is 0 Å². The van der Waals surface area contributed by atoms with Gasteiger partial charge in [-0.25, -0.2) is 4.79 Å². The van der Waals surface area contributed by atoms with Crippen LogP contribution in [0.25, 0.3) is 0 Å². The molecule has 2 fully saturated rings. The van der Waals surface area contributed by atoms with Crippen molar-refractivity contribution in [1.82, 2.24) is 4.90 Å². The number of aliphatic hydroxyl groups excluding tert-OH is 2. The highest BCUT2D eigenvalue weighted by molar-refractivity contribution is 5.71. The van der Waals surface area contributed by atoms with E-state index in [1.807, 2.05) is 11.8 Å². The van der Waals surface area contributed by atoms with Gasteiger partial charge in [-0.05, 0) is 31.8 Å². The lowest BCUT2D eigenvalue weighted by Gasteiger charge is -2.32. The average Bonchev–Trinajstić information content (AvgIpc) is 3.34. The normalized spacial score (nSPS) is 27.9. The molecule has 3 N–H and O–H groups in total. The van der Waals surface area contributed by atoms with Crippen molar-refractivity contribution < 1.29 is 39.4 Å². The summed E-state index contributed by atoms with van der Waals surface area (Å²) in [5, 5.41) is 29.7. The fourth-order valence-corrected chi connectivity index (χ4v) is 3.44. The van der Waals surface area contributed by atoms with E-state index < -0.39 is 36.0 Å². The molecule has 2 aliphatic rings. The number of carbonyl (C=O) groups is 1. The summed E-state index contributed by atoms with van der Waals surface area (Å²) < 4.78 is 10.9. The summed E-state index contributed by atoms with van der Waals surface area (Å²) in [6.45, 7) is 10.6. The van der Waals surface area contributed by atoms with Gasteiger partial charge in [0.25, 0.3) is 0 Å². The van der Waals surface area contributed by atoms with E-state index >= 15 is 0 Å². The second-order valence-electron chi connectivity index (χ2n) is 8.15. The molecular formula is C19H33NO8.